The minimum Gasteiger partial charge on any atom is -0.507 e. The van der Waals surface area contributed by atoms with E-state index in [-0.39, 0.29) is 34.7 Å². The minimum atomic E-state index is -1.28. The third kappa shape index (κ3) is 6.46. The largest absolute Gasteiger partial charge is 0.507 e. The van der Waals surface area contributed by atoms with Gasteiger partial charge in [0.15, 0.2) is 0 Å². The van der Waals surface area contributed by atoms with E-state index < -0.39 is 11.2 Å². The number of carbonyl (C=O) groups is 3. The molecule has 3 aromatic carbocycles. The Hall–Kier alpha value is -3.78. The van der Waals surface area contributed by atoms with E-state index in [0.717, 1.165) is 41.8 Å². The van der Waals surface area contributed by atoms with Crippen molar-refractivity contribution in [3.8, 4) is 5.75 Å². The number of rotatable bonds is 8. The molecule has 1 aliphatic carbocycles. The summed E-state index contributed by atoms with van der Waals surface area (Å²) in [5.41, 5.74) is 1.49. The lowest BCUT2D eigenvalue weighted by Crippen LogP contribution is -2.24. The van der Waals surface area contributed by atoms with Crippen LogP contribution in [0.2, 0.25) is 0 Å². The zero-order chi connectivity index (χ0) is 25.5. The summed E-state index contributed by atoms with van der Waals surface area (Å²) in [6.07, 6.45) is 5.25. The fraction of sp³-hybridized carbons (Fsp3) is 0.250. The highest BCUT2D eigenvalue weighted by molar-refractivity contribution is 8.00. The number of amides is 2. The second-order valence-electron chi connectivity index (χ2n) is 8.78. The lowest BCUT2D eigenvalue weighted by atomic mass is 9.88. The average Bonchev–Trinajstić information content (AvgIpc) is 2.90. The third-order valence-corrected chi connectivity index (χ3v) is 7.45. The minimum absolute atomic E-state index is 0.0614. The summed E-state index contributed by atoms with van der Waals surface area (Å²) in [4.78, 5) is 38.0. The second kappa shape index (κ2) is 11.8. The van der Waals surface area contributed by atoms with Crippen molar-refractivity contribution < 1.29 is 24.6 Å². The summed E-state index contributed by atoms with van der Waals surface area (Å²) < 4.78 is 0. The maximum Gasteiger partial charge on any atom is 0.339 e. The quantitative estimate of drug-likeness (QED) is 0.218. The summed E-state index contributed by atoms with van der Waals surface area (Å²) in [6.45, 7) is 0. The van der Waals surface area contributed by atoms with E-state index in [4.69, 9.17) is 0 Å². The van der Waals surface area contributed by atoms with Crippen LogP contribution >= 0.6 is 11.8 Å². The number of benzene rings is 3. The molecule has 0 radical (unpaired) electrons. The Morgan fingerprint density at radius 3 is 2.17 bits per heavy atom. The normalized spacial score (nSPS) is 14.6. The summed E-state index contributed by atoms with van der Waals surface area (Å²) in [6, 6.07) is 20.6. The number of anilines is 2. The van der Waals surface area contributed by atoms with Crippen molar-refractivity contribution in [2.24, 2.45) is 5.92 Å². The average molecular weight is 505 g/mol. The lowest BCUT2D eigenvalue weighted by Gasteiger charge is -2.21. The van der Waals surface area contributed by atoms with Crippen LogP contribution in [0.3, 0.4) is 0 Å². The lowest BCUT2D eigenvalue weighted by molar-refractivity contribution is -0.120. The van der Waals surface area contributed by atoms with Crippen molar-refractivity contribution in [2.45, 2.75) is 42.2 Å². The van der Waals surface area contributed by atoms with Crippen LogP contribution < -0.4 is 10.6 Å². The van der Waals surface area contributed by atoms with Gasteiger partial charge in [0.25, 0.3) is 0 Å². The number of phenols is 1. The van der Waals surface area contributed by atoms with Gasteiger partial charge in [-0.3, -0.25) is 9.59 Å². The first kappa shape index (κ1) is 25.3. The maximum atomic E-state index is 13.3. The molecule has 186 valence electrons. The van der Waals surface area contributed by atoms with Crippen molar-refractivity contribution in [2.75, 3.05) is 10.6 Å². The van der Waals surface area contributed by atoms with E-state index in [0.29, 0.717) is 0 Å². The fourth-order valence-electron chi connectivity index (χ4n) is 4.26. The highest BCUT2D eigenvalue weighted by Gasteiger charge is 2.24. The first-order chi connectivity index (χ1) is 17.4. The molecule has 0 bridgehead atoms. The maximum absolute atomic E-state index is 13.3. The van der Waals surface area contributed by atoms with Gasteiger partial charge in [0, 0.05) is 22.2 Å². The molecule has 36 heavy (non-hydrogen) atoms. The Labute approximate surface area is 213 Å². The van der Waals surface area contributed by atoms with Gasteiger partial charge in [0.05, 0.1) is 0 Å². The Morgan fingerprint density at radius 1 is 0.833 bits per heavy atom. The summed E-state index contributed by atoms with van der Waals surface area (Å²) in [5, 5.41) is 24.2. The van der Waals surface area contributed by atoms with E-state index in [1.165, 1.54) is 36.4 Å². The van der Waals surface area contributed by atoms with Crippen LogP contribution in [0.25, 0.3) is 0 Å². The predicted octanol–water partition coefficient (Wildman–Crippen LogP) is 6.08. The van der Waals surface area contributed by atoms with Crippen molar-refractivity contribution in [3.05, 3.63) is 83.9 Å². The monoisotopic (exact) mass is 504 g/mol. The topological polar surface area (TPSA) is 116 Å². The van der Waals surface area contributed by atoms with Crippen LogP contribution in [0.5, 0.6) is 5.75 Å². The molecule has 4 rings (SSSR count). The number of carboxylic acid groups (broad SMARTS) is 1. The molecule has 1 atom stereocenters. The number of aromatic hydroxyl groups is 1. The zero-order valence-electron chi connectivity index (χ0n) is 19.6. The number of hydrogen-bond donors (Lipinski definition) is 4. The number of carbonyl (C=O) groups excluding carboxylic acids is 2. The van der Waals surface area contributed by atoms with Gasteiger partial charge in [-0.2, -0.15) is 0 Å². The van der Waals surface area contributed by atoms with Crippen molar-refractivity contribution in [1.82, 2.24) is 0 Å². The molecule has 0 aliphatic heterocycles. The molecule has 1 unspecified atom stereocenters. The second-order valence-corrected chi connectivity index (χ2v) is 9.96. The number of carboxylic acids is 1. The molecule has 3 aromatic rings. The smallest absolute Gasteiger partial charge is 0.339 e. The van der Waals surface area contributed by atoms with E-state index >= 15 is 0 Å². The van der Waals surface area contributed by atoms with Gasteiger partial charge in [-0.05, 0) is 60.9 Å². The van der Waals surface area contributed by atoms with Crippen LogP contribution in [0, 0.1) is 5.92 Å². The Bertz CT molecular complexity index is 1220. The van der Waals surface area contributed by atoms with Gasteiger partial charge in [-0.15, -0.1) is 11.8 Å². The predicted molar refractivity (Wildman–Crippen MR) is 140 cm³/mol. The zero-order valence-corrected chi connectivity index (χ0v) is 20.5. The van der Waals surface area contributed by atoms with E-state index in [9.17, 15) is 24.6 Å². The van der Waals surface area contributed by atoms with Gasteiger partial charge < -0.3 is 20.8 Å². The molecule has 0 aromatic heterocycles. The number of hydrogen-bond acceptors (Lipinski definition) is 5. The molecular formula is C28H28N2O5S. The molecule has 0 spiro atoms. The number of aromatic carboxylic acids is 1. The van der Waals surface area contributed by atoms with Crippen LogP contribution in [-0.4, -0.2) is 28.0 Å². The van der Waals surface area contributed by atoms with Crippen LogP contribution in [0.1, 0.15) is 53.3 Å². The highest BCUT2D eigenvalue weighted by Crippen LogP contribution is 2.37. The molecule has 1 aliphatic rings. The molecule has 7 nitrogen and oxygen atoms in total. The standard InChI is InChI=1S/C28H28N2O5S/c31-24-16-13-21(17-23(24)28(34)35)30-27(33)25(18-7-3-1-4-8-18)36-22-14-11-20(12-15-22)29-26(32)19-9-5-2-6-10-19/h1,3-4,7-8,11-17,19,25,31H,2,5-6,9-10H2,(H,29,32)(H,30,33)(H,34,35). The molecule has 0 saturated heterocycles. The van der Waals surface area contributed by atoms with Gasteiger partial charge >= 0.3 is 5.97 Å². The van der Waals surface area contributed by atoms with E-state index in [1.54, 1.807) is 0 Å². The molecule has 1 fully saturated rings. The van der Waals surface area contributed by atoms with Crippen LogP contribution in [-0.2, 0) is 9.59 Å². The summed E-state index contributed by atoms with van der Waals surface area (Å²) in [7, 11) is 0. The van der Waals surface area contributed by atoms with Gasteiger partial charge in [-0.25, -0.2) is 4.79 Å². The SMILES string of the molecule is O=C(O)c1cc(NC(=O)C(Sc2ccc(NC(=O)C3CCCCC3)cc2)c2ccccc2)ccc1O. The van der Waals surface area contributed by atoms with Gasteiger partial charge in [0.1, 0.15) is 16.6 Å². The third-order valence-electron chi connectivity index (χ3n) is 6.19. The van der Waals surface area contributed by atoms with Gasteiger partial charge in [0.2, 0.25) is 11.8 Å². The molecule has 2 amide bonds. The number of nitrogens with one attached hydrogen (secondary N) is 2. The Morgan fingerprint density at radius 2 is 1.50 bits per heavy atom. The van der Waals surface area contributed by atoms with Gasteiger partial charge in [-0.1, -0.05) is 49.6 Å². The molecule has 8 heteroatoms. The molecule has 4 N–H and O–H groups in total. The molecule has 1 saturated carbocycles. The summed E-state index contributed by atoms with van der Waals surface area (Å²) in [5.74, 6) is -1.85. The Balaban J connectivity index is 1.48. The van der Waals surface area contributed by atoms with E-state index in [1.807, 2.05) is 54.6 Å². The molecular weight excluding hydrogens is 476 g/mol. The number of thioether (sulfide) groups is 1. The first-order valence-electron chi connectivity index (χ1n) is 11.9. The highest BCUT2D eigenvalue weighted by atomic mass is 32.2. The van der Waals surface area contributed by atoms with Crippen LogP contribution in [0.4, 0.5) is 11.4 Å². The van der Waals surface area contributed by atoms with Crippen LogP contribution in [0.15, 0.2) is 77.7 Å². The van der Waals surface area contributed by atoms with E-state index in [2.05, 4.69) is 10.6 Å². The van der Waals surface area contributed by atoms with Crippen molar-refractivity contribution in [3.63, 3.8) is 0 Å². The summed E-state index contributed by atoms with van der Waals surface area (Å²) >= 11 is 1.35. The first-order valence-corrected chi connectivity index (χ1v) is 12.8. The Kier molecular flexibility index (Phi) is 8.28. The molecule has 0 heterocycles. The van der Waals surface area contributed by atoms with Crippen molar-refractivity contribution >= 4 is 40.9 Å². The van der Waals surface area contributed by atoms with Crippen molar-refractivity contribution in [1.29, 1.82) is 0 Å². The fourth-order valence-corrected chi connectivity index (χ4v) is 5.28.